The summed E-state index contributed by atoms with van der Waals surface area (Å²) in [6, 6.07) is 0. The van der Waals surface area contributed by atoms with Crippen molar-refractivity contribution in [2.45, 2.75) is 45.6 Å². The molecule has 0 aromatic rings. The predicted molar refractivity (Wildman–Crippen MR) is 55.9 cm³/mol. The van der Waals surface area contributed by atoms with Crippen LogP contribution in [-0.4, -0.2) is 25.8 Å². The molecule has 0 aromatic carbocycles. The van der Waals surface area contributed by atoms with Gasteiger partial charge in [0.25, 0.3) is 0 Å². The maximum absolute atomic E-state index is 5.71. The van der Waals surface area contributed by atoms with Crippen LogP contribution in [0.4, 0.5) is 0 Å². The molecule has 1 N–H and O–H groups in total. The Morgan fingerprint density at radius 2 is 1.77 bits per heavy atom. The lowest BCUT2D eigenvalue weighted by Crippen LogP contribution is -2.45. The van der Waals surface area contributed by atoms with Gasteiger partial charge in [-0.1, -0.05) is 20.8 Å². The van der Waals surface area contributed by atoms with Crippen molar-refractivity contribution in [3.8, 4) is 0 Å². The van der Waals surface area contributed by atoms with Crippen LogP contribution in [0.1, 0.15) is 40.0 Å². The van der Waals surface area contributed by atoms with Gasteiger partial charge in [-0.15, -0.1) is 0 Å². The van der Waals surface area contributed by atoms with Crippen molar-refractivity contribution in [3.63, 3.8) is 0 Å². The molecule has 0 amide bonds. The summed E-state index contributed by atoms with van der Waals surface area (Å²) in [6.07, 6.45) is 3.47. The van der Waals surface area contributed by atoms with Crippen LogP contribution < -0.4 is 5.32 Å². The van der Waals surface area contributed by atoms with Gasteiger partial charge in [-0.05, 0) is 37.8 Å². The van der Waals surface area contributed by atoms with Gasteiger partial charge in [-0.2, -0.15) is 0 Å². The number of piperidine rings is 1. The third-order valence-corrected chi connectivity index (χ3v) is 2.80. The van der Waals surface area contributed by atoms with Gasteiger partial charge in [0.05, 0.1) is 5.60 Å². The Kier molecular flexibility index (Phi) is 3.36. The van der Waals surface area contributed by atoms with Crippen molar-refractivity contribution in [1.82, 2.24) is 5.32 Å². The number of rotatable bonds is 2. The molecule has 0 saturated carbocycles. The van der Waals surface area contributed by atoms with E-state index in [0.717, 1.165) is 32.4 Å². The Labute approximate surface area is 82.0 Å². The molecule has 1 rings (SSSR count). The van der Waals surface area contributed by atoms with Crippen molar-refractivity contribution >= 4 is 0 Å². The first-order valence-corrected chi connectivity index (χ1v) is 5.23. The second-order valence-corrected chi connectivity index (χ2v) is 5.37. The van der Waals surface area contributed by atoms with E-state index < -0.39 is 0 Å². The van der Waals surface area contributed by atoms with Crippen LogP contribution in [0, 0.1) is 5.41 Å². The Bertz CT molecular complexity index is 154. The van der Waals surface area contributed by atoms with Crippen LogP contribution in [0.15, 0.2) is 0 Å². The van der Waals surface area contributed by atoms with E-state index >= 15 is 0 Å². The van der Waals surface area contributed by atoms with Crippen LogP contribution in [0.5, 0.6) is 0 Å². The standard InChI is InChI=1S/C11H23NO/c1-10(2,3)9-11(13-4)5-7-12-8-6-11/h12H,5-9H2,1-4H3. The maximum atomic E-state index is 5.71. The Balaban J connectivity index is 2.57. The molecule has 0 unspecified atom stereocenters. The van der Waals surface area contributed by atoms with Gasteiger partial charge in [0.15, 0.2) is 0 Å². The van der Waals surface area contributed by atoms with E-state index in [-0.39, 0.29) is 5.60 Å². The highest BCUT2D eigenvalue weighted by Crippen LogP contribution is 2.35. The van der Waals surface area contributed by atoms with Crippen molar-refractivity contribution in [3.05, 3.63) is 0 Å². The third kappa shape index (κ3) is 3.28. The van der Waals surface area contributed by atoms with E-state index in [0.29, 0.717) is 5.41 Å². The fourth-order valence-electron chi connectivity index (χ4n) is 2.30. The molecule has 0 aliphatic carbocycles. The average molecular weight is 185 g/mol. The lowest BCUT2D eigenvalue weighted by molar-refractivity contribution is -0.0608. The second-order valence-electron chi connectivity index (χ2n) is 5.37. The minimum absolute atomic E-state index is 0.142. The molecule has 0 radical (unpaired) electrons. The zero-order chi connectivity index (χ0) is 9.95. The van der Waals surface area contributed by atoms with Crippen LogP contribution in [-0.2, 0) is 4.74 Å². The topological polar surface area (TPSA) is 21.3 Å². The highest BCUT2D eigenvalue weighted by molar-refractivity contribution is 4.89. The van der Waals surface area contributed by atoms with Crippen molar-refractivity contribution in [2.24, 2.45) is 5.41 Å². The Hall–Kier alpha value is -0.0800. The van der Waals surface area contributed by atoms with Crippen LogP contribution in [0.3, 0.4) is 0 Å². The lowest BCUT2D eigenvalue weighted by atomic mass is 9.77. The summed E-state index contributed by atoms with van der Waals surface area (Å²) in [5.74, 6) is 0. The second kappa shape index (κ2) is 3.97. The molecule has 1 aliphatic heterocycles. The largest absolute Gasteiger partial charge is 0.378 e. The third-order valence-electron chi connectivity index (χ3n) is 2.80. The van der Waals surface area contributed by atoms with Gasteiger partial charge < -0.3 is 10.1 Å². The smallest absolute Gasteiger partial charge is 0.0707 e. The van der Waals surface area contributed by atoms with Crippen molar-refractivity contribution < 1.29 is 4.74 Å². The summed E-state index contributed by atoms with van der Waals surface area (Å²) in [7, 11) is 1.86. The highest BCUT2D eigenvalue weighted by Gasteiger charge is 2.35. The number of hydrogen-bond acceptors (Lipinski definition) is 2. The van der Waals surface area contributed by atoms with Gasteiger partial charge in [0, 0.05) is 7.11 Å². The molecule has 1 saturated heterocycles. The lowest BCUT2D eigenvalue weighted by Gasteiger charge is -2.40. The first kappa shape index (κ1) is 11.0. The molecule has 1 heterocycles. The summed E-state index contributed by atoms with van der Waals surface area (Å²) >= 11 is 0. The van der Waals surface area contributed by atoms with Crippen LogP contribution in [0.25, 0.3) is 0 Å². The van der Waals surface area contributed by atoms with Crippen molar-refractivity contribution in [2.75, 3.05) is 20.2 Å². The molecule has 1 fully saturated rings. The quantitative estimate of drug-likeness (QED) is 0.712. The number of hydrogen-bond donors (Lipinski definition) is 1. The van der Waals surface area contributed by atoms with Gasteiger partial charge in [0.1, 0.15) is 0 Å². The van der Waals surface area contributed by atoms with Crippen LogP contribution >= 0.6 is 0 Å². The van der Waals surface area contributed by atoms with E-state index in [1.807, 2.05) is 7.11 Å². The molecule has 0 atom stereocenters. The molecular formula is C11H23NO. The first-order chi connectivity index (χ1) is 5.97. The van der Waals surface area contributed by atoms with E-state index in [1.165, 1.54) is 0 Å². The van der Waals surface area contributed by atoms with E-state index in [2.05, 4.69) is 26.1 Å². The molecule has 13 heavy (non-hydrogen) atoms. The van der Waals surface area contributed by atoms with Crippen LogP contribution in [0.2, 0.25) is 0 Å². The summed E-state index contributed by atoms with van der Waals surface area (Å²) in [5, 5.41) is 3.38. The molecule has 78 valence electrons. The van der Waals surface area contributed by atoms with E-state index in [4.69, 9.17) is 4.74 Å². The average Bonchev–Trinajstić information content (AvgIpc) is 2.03. The molecule has 0 bridgehead atoms. The van der Waals surface area contributed by atoms with Gasteiger partial charge >= 0.3 is 0 Å². The fraction of sp³-hybridized carbons (Fsp3) is 1.00. The number of nitrogens with one attached hydrogen (secondary N) is 1. The minimum Gasteiger partial charge on any atom is -0.378 e. The number of methoxy groups -OCH3 is 1. The highest BCUT2D eigenvalue weighted by atomic mass is 16.5. The van der Waals surface area contributed by atoms with E-state index in [9.17, 15) is 0 Å². The maximum Gasteiger partial charge on any atom is 0.0707 e. The monoisotopic (exact) mass is 185 g/mol. The predicted octanol–water partition coefficient (Wildman–Crippen LogP) is 2.19. The number of ether oxygens (including phenoxy) is 1. The first-order valence-electron chi connectivity index (χ1n) is 5.23. The van der Waals surface area contributed by atoms with Gasteiger partial charge in [-0.3, -0.25) is 0 Å². The normalized spacial score (nSPS) is 23.1. The SMILES string of the molecule is COC1(CC(C)(C)C)CCNCC1. The summed E-state index contributed by atoms with van der Waals surface area (Å²) in [4.78, 5) is 0. The van der Waals surface area contributed by atoms with Crippen molar-refractivity contribution in [1.29, 1.82) is 0 Å². The summed E-state index contributed by atoms with van der Waals surface area (Å²) < 4.78 is 5.71. The van der Waals surface area contributed by atoms with E-state index in [1.54, 1.807) is 0 Å². The molecule has 1 aliphatic rings. The van der Waals surface area contributed by atoms with Gasteiger partial charge in [0.2, 0.25) is 0 Å². The Morgan fingerprint density at radius 1 is 1.23 bits per heavy atom. The molecule has 0 spiro atoms. The molecular weight excluding hydrogens is 162 g/mol. The minimum atomic E-state index is 0.142. The fourth-order valence-corrected chi connectivity index (χ4v) is 2.30. The van der Waals surface area contributed by atoms with Gasteiger partial charge in [-0.25, -0.2) is 0 Å². The summed E-state index contributed by atoms with van der Waals surface area (Å²) in [5.41, 5.74) is 0.511. The molecule has 0 aromatic heterocycles. The zero-order valence-corrected chi connectivity index (χ0v) is 9.44. The molecule has 2 heteroatoms. The zero-order valence-electron chi connectivity index (χ0n) is 9.44. The molecule has 2 nitrogen and oxygen atoms in total. The Morgan fingerprint density at radius 3 is 2.15 bits per heavy atom. The summed E-state index contributed by atoms with van der Waals surface area (Å²) in [6.45, 7) is 9.06.